The summed E-state index contributed by atoms with van der Waals surface area (Å²) in [4.78, 5) is 26.4. The smallest absolute Gasteiger partial charge is 0.341 e. The second-order valence-corrected chi connectivity index (χ2v) is 8.32. The number of carbonyl (C=O) groups is 1. The van der Waals surface area contributed by atoms with E-state index in [2.05, 4.69) is 5.32 Å². The van der Waals surface area contributed by atoms with E-state index < -0.39 is 17.2 Å². The Morgan fingerprint density at radius 3 is 2.56 bits per heavy atom. The molecule has 11 heteroatoms. The number of piperidine rings is 1. The van der Waals surface area contributed by atoms with E-state index in [0.717, 1.165) is 38.8 Å². The fourth-order valence-corrected chi connectivity index (χ4v) is 4.95. The van der Waals surface area contributed by atoms with E-state index in [1.54, 1.807) is 4.57 Å². The van der Waals surface area contributed by atoms with Crippen molar-refractivity contribution in [2.45, 2.75) is 37.8 Å². The van der Waals surface area contributed by atoms with Crippen LogP contribution >= 0.6 is 0 Å². The third kappa shape index (κ3) is 3.94. The zero-order valence-electron chi connectivity index (χ0n) is 17.7. The quantitative estimate of drug-likeness (QED) is 0.693. The maximum Gasteiger partial charge on any atom is 0.341 e. The van der Waals surface area contributed by atoms with Crippen molar-refractivity contribution in [3.63, 3.8) is 0 Å². The Kier molecular flexibility index (Phi) is 7.54. The Morgan fingerprint density at radius 2 is 1.97 bits per heavy atom. The normalized spacial score (nSPS) is 21.8. The van der Waals surface area contributed by atoms with Crippen molar-refractivity contribution in [2.75, 3.05) is 31.6 Å². The molecule has 2 aromatic rings. The van der Waals surface area contributed by atoms with Crippen molar-refractivity contribution < 1.29 is 28.4 Å². The number of methoxy groups -OCH3 is 1. The molecule has 7 nitrogen and oxygen atoms in total. The molecule has 0 bridgehead atoms. The molecule has 2 atom stereocenters. The molecule has 0 spiro atoms. The van der Waals surface area contributed by atoms with Gasteiger partial charge in [0.05, 0.1) is 18.0 Å². The second-order valence-electron chi connectivity index (χ2n) is 8.32. The molecule has 32 heavy (non-hydrogen) atoms. The molecule has 3 heterocycles. The summed E-state index contributed by atoms with van der Waals surface area (Å²) in [5.41, 5.74) is -0.155. The number of halogens is 3. The van der Waals surface area contributed by atoms with Gasteiger partial charge in [-0.3, -0.25) is 14.2 Å². The summed E-state index contributed by atoms with van der Waals surface area (Å²) in [6, 6.07) is 1.62. The van der Waals surface area contributed by atoms with Crippen LogP contribution in [0.3, 0.4) is 0 Å². The molecule has 1 aromatic heterocycles. The van der Waals surface area contributed by atoms with Crippen LogP contribution in [0.15, 0.2) is 17.1 Å². The fourth-order valence-electron chi connectivity index (χ4n) is 4.95. The Bertz CT molecular complexity index is 1060. The van der Waals surface area contributed by atoms with E-state index in [9.17, 15) is 14.7 Å². The summed E-state index contributed by atoms with van der Waals surface area (Å²) in [5.74, 6) is -1.07. The van der Waals surface area contributed by atoms with Crippen molar-refractivity contribution in [2.24, 2.45) is 5.92 Å². The topological polar surface area (TPSA) is 83.8 Å². The third-order valence-electron chi connectivity index (χ3n) is 6.49. The van der Waals surface area contributed by atoms with Crippen molar-refractivity contribution >= 4 is 31.0 Å². The first kappa shape index (κ1) is 25.6. The molecule has 1 aliphatic carbocycles. The van der Waals surface area contributed by atoms with Crippen LogP contribution in [0.25, 0.3) is 10.9 Å². The number of hydrogen-bond acceptors (Lipinski definition) is 5. The summed E-state index contributed by atoms with van der Waals surface area (Å²) in [6.45, 7) is 2.40. The van der Waals surface area contributed by atoms with Gasteiger partial charge < -0.3 is 24.6 Å². The molecule has 3 fully saturated rings. The van der Waals surface area contributed by atoms with Gasteiger partial charge in [-0.15, -0.1) is 0 Å². The number of nitrogens with zero attached hydrogens (tertiary/aromatic N) is 2. The van der Waals surface area contributed by atoms with E-state index in [1.807, 2.05) is 4.90 Å². The minimum absolute atomic E-state index is 0. The first-order chi connectivity index (χ1) is 14.0. The van der Waals surface area contributed by atoms with Gasteiger partial charge >= 0.3 is 5.97 Å². The first-order valence-corrected chi connectivity index (χ1v) is 10.2. The van der Waals surface area contributed by atoms with Crippen LogP contribution in [-0.4, -0.2) is 56.8 Å². The predicted octanol–water partition coefficient (Wildman–Crippen LogP) is 2.29. The number of benzene rings is 1. The van der Waals surface area contributed by atoms with Crippen LogP contribution < -0.4 is 20.4 Å². The molecular weight excluding hydrogens is 426 g/mol. The van der Waals surface area contributed by atoms with Gasteiger partial charge in [-0.1, -0.05) is 0 Å². The Morgan fingerprint density at radius 1 is 1.25 bits per heavy atom. The van der Waals surface area contributed by atoms with E-state index in [1.165, 1.54) is 19.4 Å². The summed E-state index contributed by atoms with van der Waals surface area (Å²) in [5, 5.41) is 13.0. The molecule has 5 rings (SSSR count). The molecule has 0 amide bonds. The number of carboxylic acid groups (broad SMARTS) is 1. The van der Waals surface area contributed by atoms with Crippen LogP contribution in [-0.2, 0) is 0 Å². The number of anilines is 1. The van der Waals surface area contributed by atoms with Gasteiger partial charge in [-0.2, -0.15) is 0 Å². The SMILES string of the molecule is COc1c(N2C[C@@H]3CCCN[C@@H]3C2)c(F)cc2c(=O)c(C(=O)O)cn(C3CC3)c12.F.F.[B]. The number of hydrogen-bond donors (Lipinski definition) is 2. The molecule has 3 aliphatic rings. The Balaban J connectivity index is 0.00000121. The number of fused-ring (bicyclic) bond motifs is 2. The van der Waals surface area contributed by atoms with Gasteiger partial charge in [0.25, 0.3) is 0 Å². The second kappa shape index (κ2) is 9.44. The Labute approximate surface area is 184 Å². The van der Waals surface area contributed by atoms with E-state index in [4.69, 9.17) is 4.74 Å². The molecule has 2 aliphatic heterocycles. The maximum absolute atomic E-state index is 15.3. The zero-order chi connectivity index (χ0) is 20.3. The molecule has 1 aromatic carbocycles. The molecule has 2 N–H and O–H groups in total. The third-order valence-corrected chi connectivity index (χ3v) is 6.49. The lowest BCUT2D eigenvalue weighted by atomic mass is 9.94. The van der Waals surface area contributed by atoms with Gasteiger partial charge in [0.15, 0.2) is 11.6 Å². The average molecular weight is 452 g/mol. The summed E-state index contributed by atoms with van der Waals surface area (Å²) >= 11 is 0. The van der Waals surface area contributed by atoms with Crippen molar-refractivity contribution in [3.8, 4) is 5.75 Å². The minimum atomic E-state index is -1.30. The van der Waals surface area contributed by atoms with Crippen molar-refractivity contribution in [1.29, 1.82) is 0 Å². The number of aromatic carboxylic acids is 1. The monoisotopic (exact) mass is 452 g/mol. The van der Waals surface area contributed by atoms with Crippen molar-refractivity contribution in [1.82, 2.24) is 9.88 Å². The van der Waals surface area contributed by atoms with Gasteiger partial charge in [0.1, 0.15) is 11.3 Å². The highest BCUT2D eigenvalue weighted by molar-refractivity contribution is 5.97. The fraction of sp³-hybridized carbons (Fsp3) is 0.524. The number of carboxylic acids is 1. The number of ether oxygens (including phenoxy) is 1. The largest absolute Gasteiger partial charge is 0.492 e. The number of rotatable bonds is 4. The highest BCUT2D eigenvalue weighted by Crippen LogP contribution is 2.45. The van der Waals surface area contributed by atoms with Crippen LogP contribution in [0.5, 0.6) is 5.75 Å². The number of aromatic nitrogens is 1. The van der Waals surface area contributed by atoms with Crippen LogP contribution in [0, 0.1) is 11.7 Å². The van der Waals surface area contributed by atoms with Crippen molar-refractivity contribution in [3.05, 3.63) is 33.9 Å². The highest BCUT2D eigenvalue weighted by atomic mass is 19.1. The molecular formula is C21H26BF3N3O4. The lowest BCUT2D eigenvalue weighted by molar-refractivity contribution is 0.0694. The summed E-state index contributed by atoms with van der Waals surface area (Å²) in [7, 11) is 1.48. The summed E-state index contributed by atoms with van der Waals surface area (Å²) in [6.07, 6.45) is 5.40. The number of pyridine rings is 1. The van der Waals surface area contributed by atoms with Gasteiger partial charge in [-0.25, -0.2) is 9.18 Å². The Hall–Kier alpha value is -2.69. The minimum Gasteiger partial charge on any atom is -0.492 e. The van der Waals surface area contributed by atoms with Gasteiger partial charge in [0.2, 0.25) is 5.43 Å². The first-order valence-electron chi connectivity index (χ1n) is 10.2. The van der Waals surface area contributed by atoms with E-state index in [0.29, 0.717) is 35.5 Å². The molecule has 2 saturated heterocycles. The van der Waals surface area contributed by atoms with Crippen LogP contribution in [0.4, 0.5) is 19.5 Å². The van der Waals surface area contributed by atoms with Crippen LogP contribution in [0.2, 0.25) is 0 Å². The maximum atomic E-state index is 15.3. The van der Waals surface area contributed by atoms with E-state index in [-0.39, 0.29) is 34.8 Å². The predicted molar refractivity (Wildman–Crippen MR) is 117 cm³/mol. The van der Waals surface area contributed by atoms with E-state index >= 15 is 4.39 Å². The molecule has 0 unspecified atom stereocenters. The van der Waals surface area contributed by atoms with Gasteiger partial charge in [0, 0.05) is 39.8 Å². The lowest BCUT2D eigenvalue weighted by Crippen LogP contribution is -2.40. The van der Waals surface area contributed by atoms with Crippen LogP contribution in [0.1, 0.15) is 42.1 Å². The zero-order valence-corrected chi connectivity index (χ0v) is 17.7. The number of nitrogens with one attached hydrogen (secondary N) is 1. The molecule has 173 valence electrons. The molecule has 1 saturated carbocycles. The lowest BCUT2D eigenvalue weighted by Gasteiger charge is -2.25. The molecule has 3 radical (unpaired) electrons. The summed E-state index contributed by atoms with van der Waals surface area (Å²) < 4.78 is 22.8. The average Bonchev–Trinajstić information content (AvgIpc) is 3.45. The standard InChI is InChI=1S/C21H24FN3O4.B.2FH/c1-29-20-17-13(19(26)14(21(27)28)9-25(17)12-4-5-12)7-15(22)18(20)24-8-11-3-2-6-23-16(11)10-24;;;/h7,9,11-12,16,23H,2-6,8,10H2,1H3,(H,27,28);;2*1H/t11-,16+;;;/m0.../s1. The van der Waals surface area contributed by atoms with Gasteiger partial charge in [-0.05, 0) is 44.2 Å². The highest BCUT2D eigenvalue weighted by Gasteiger charge is 2.38.